The maximum absolute atomic E-state index is 13.2. The minimum absolute atomic E-state index is 0.119. The molecule has 120 valence electrons. The number of hydrogen-bond acceptors (Lipinski definition) is 2. The Morgan fingerprint density at radius 1 is 1.36 bits per heavy atom. The van der Waals surface area contributed by atoms with Crippen LogP contribution in [-0.4, -0.2) is 20.5 Å². The topological polar surface area (TPSA) is 18.5 Å². The third-order valence-electron chi connectivity index (χ3n) is 4.49. The van der Waals surface area contributed by atoms with Gasteiger partial charge in [0.2, 0.25) is 0 Å². The third kappa shape index (κ3) is 3.50. The van der Waals surface area contributed by atoms with Crippen LogP contribution >= 0.6 is 0 Å². The SMILES string of the molecule is C=C[C@@H](O[Si](C)(C)C(C)(C)C)[C@H]1C=Cc2cc(F)ccc2O1. The minimum Gasteiger partial charge on any atom is -0.483 e. The first-order chi connectivity index (χ1) is 10.1. The van der Waals surface area contributed by atoms with Gasteiger partial charge in [0.25, 0.3) is 0 Å². The molecule has 0 N–H and O–H groups in total. The summed E-state index contributed by atoms with van der Waals surface area (Å²) < 4.78 is 25.6. The summed E-state index contributed by atoms with van der Waals surface area (Å²) in [6.07, 6.45) is 5.16. The largest absolute Gasteiger partial charge is 0.483 e. The summed E-state index contributed by atoms with van der Waals surface area (Å²) in [5.74, 6) is 0.419. The van der Waals surface area contributed by atoms with Crippen molar-refractivity contribution in [2.45, 2.75) is 51.1 Å². The van der Waals surface area contributed by atoms with Crippen LogP contribution in [0.3, 0.4) is 0 Å². The van der Waals surface area contributed by atoms with Crippen LogP contribution in [0.25, 0.3) is 6.08 Å². The predicted octanol–water partition coefficient (Wildman–Crippen LogP) is 5.18. The van der Waals surface area contributed by atoms with E-state index in [0.29, 0.717) is 5.75 Å². The Bertz CT molecular complexity index is 587. The molecule has 1 aliphatic rings. The molecule has 0 amide bonds. The molecule has 1 aromatic carbocycles. The molecular formula is C18H25FO2Si. The maximum atomic E-state index is 13.2. The zero-order valence-corrected chi connectivity index (χ0v) is 15.0. The zero-order chi connectivity index (χ0) is 16.5. The Balaban J connectivity index is 2.18. The van der Waals surface area contributed by atoms with Gasteiger partial charge in [0.15, 0.2) is 8.32 Å². The zero-order valence-electron chi connectivity index (χ0n) is 14.0. The van der Waals surface area contributed by atoms with Gasteiger partial charge in [-0.3, -0.25) is 0 Å². The highest BCUT2D eigenvalue weighted by Gasteiger charge is 2.40. The van der Waals surface area contributed by atoms with Gasteiger partial charge in [0.05, 0.1) is 0 Å². The molecule has 4 heteroatoms. The fourth-order valence-corrected chi connectivity index (χ4v) is 3.35. The van der Waals surface area contributed by atoms with Crippen LogP contribution < -0.4 is 4.74 Å². The van der Waals surface area contributed by atoms with E-state index in [4.69, 9.17) is 9.16 Å². The summed E-state index contributed by atoms with van der Waals surface area (Å²) in [6, 6.07) is 4.54. The van der Waals surface area contributed by atoms with E-state index in [1.54, 1.807) is 12.1 Å². The van der Waals surface area contributed by atoms with E-state index < -0.39 is 8.32 Å². The molecule has 0 spiro atoms. The summed E-state index contributed by atoms with van der Waals surface area (Å²) in [5, 5.41) is 0.119. The second-order valence-corrected chi connectivity index (χ2v) is 12.0. The van der Waals surface area contributed by atoms with Crippen molar-refractivity contribution in [2.75, 3.05) is 0 Å². The highest BCUT2D eigenvalue weighted by molar-refractivity contribution is 6.74. The van der Waals surface area contributed by atoms with Gasteiger partial charge in [-0.05, 0) is 42.4 Å². The van der Waals surface area contributed by atoms with Crippen molar-refractivity contribution in [1.82, 2.24) is 0 Å². The Morgan fingerprint density at radius 2 is 2.05 bits per heavy atom. The number of halogens is 1. The van der Waals surface area contributed by atoms with Gasteiger partial charge >= 0.3 is 0 Å². The monoisotopic (exact) mass is 320 g/mol. The lowest BCUT2D eigenvalue weighted by Gasteiger charge is -2.40. The van der Waals surface area contributed by atoms with Crippen LogP contribution in [0.4, 0.5) is 4.39 Å². The molecule has 2 nitrogen and oxygen atoms in total. The lowest BCUT2D eigenvalue weighted by atomic mass is 10.1. The van der Waals surface area contributed by atoms with Gasteiger partial charge in [0, 0.05) is 5.56 Å². The van der Waals surface area contributed by atoms with Gasteiger partial charge in [0.1, 0.15) is 23.8 Å². The van der Waals surface area contributed by atoms with Crippen molar-refractivity contribution < 1.29 is 13.6 Å². The highest BCUT2D eigenvalue weighted by Crippen LogP contribution is 2.38. The van der Waals surface area contributed by atoms with Crippen molar-refractivity contribution in [3.63, 3.8) is 0 Å². The molecule has 0 radical (unpaired) electrons. The van der Waals surface area contributed by atoms with Gasteiger partial charge < -0.3 is 9.16 Å². The molecule has 0 aromatic heterocycles. The van der Waals surface area contributed by atoms with Crippen LogP contribution in [0.1, 0.15) is 26.3 Å². The first kappa shape index (κ1) is 17.0. The lowest BCUT2D eigenvalue weighted by Crippen LogP contribution is -2.47. The van der Waals surface area contributed by atoms with Crippen molar-refractivity contribution in [1.29, 1.82) is 0 Å². The second kappa shape index (κ2) is 6.01. The highest BCUT2D eigenvalue weighted by atomic mass is 28.4. The molecular weight excluding hydrogens is 295 g/mol. The molecule has 2 rings (SSSR count). The number of rotatable bonds is 4. The quantitative estimate of drug-likeness (QED) is 0.562. The molecule has 0 unspecified atom stereocenters. The molecule has 0 fully saturated rings. The molecule has 1 aliphatic heterocycles. The summed E-state index contributed by atoms with van der Waals surface area (Å²) in [6.45, 7) is 14.9. The van der Waals surface area contributed by atoms with E-state index in [1.165, 1.54) is 12.1 Å². The van der Waals surface area contributed by atoms with E-state index in [9.17, 15) is 4.39 Å². The van der Waals surface area contributed by atoms with E-state index in [0.717, 1.165) is 5.56 Å². The van der Waals surface area contributed by atoms with Crippen LogP contribution in [0.5, 0.6) is 5.75 Å². The van der Waals surface area contributed by atoms with Crippen molar-refractivity contribution in [3.05, 3.63) is 48.3 Å². The van der Waals surface area contributed by atoms with Crippen molar-refractivity contribution >= 4 is 14.4 Å². The normalized spacial score (nSPS) is 19.3. The minimum atomic E-state index is -1.92. The molecule has 0 bridgehead atoms. The second-order valence-electron chi connectivity index (χ2n) is 7.20. The summed E-state index contributed by atoms with van der Waals surface area (Å²) in [7, 11) is -1.92. The van der Waals surface area contributed by atoms with Crippen LogP contribution in [0.15, 0.2) is 36.9 Å². The van der Waals surface area contributed by atoms with E-state index in [2.05, 4.69) is 40.4 Å². The fourth-order valence-electron chi connectivity index (χ4n) is 2.08. The Labute approximate surface area is 133 Å². The van der Waals surface area contributed by atoms with Gasteiger partial charge in [-0.1, -0.05) is 32.9 Å². The molecule has 1 aromatic rings. The average molecular weight is 320 g/mol. The molecule has 0 aliphatic carbocycles. The summed E-state index contributed by atoms with van der Waals surface area (Å²) in [4.78, 5) is 0. The van der Waals surface area contributed by atoms with Gasteiger partial charge in [-0.15, -0.1) is 6.58 Å². The van der Waals surface area contributed by atoms with Crippen LogP contribution in [0, 0.1) is 5.82 Å². The van der Waals surface area contributed by atoms with E-state index in [-0.39, 0.29) is 23.1 Å². The first-order valence-corrected chi connectivity index (χ1v) is 10.5. The van der Waals surface area contributed by atoms with Gasteiger partial charge in [-0.2, -0.15) is 0 Å². The smallest absolute Gasteiger partial charge is 0.193 e. The molecule has 1 heterocycles. The van der Waals surface area contributed by atoms with Crippen molar-refractivity contribution in [3.8, 4) is 5.75 Å². The summed E-state index contributed by atoms with van der Waals surface area (Å²) >= 11 is 0. The average Bonchev–Trinajstić information content (AvgIpc) is 2.43. The van der Waals surface area contributed by atoms with Crippen molar-refractivity contribution in [2.24, 2.45) is 0 Å². The number of hydrogen-bond donors (Lipinski definition) is 0. The number of fused-ring (bicyclic) bond motifs is 1. The predicted molar refractivity (Wildman–Crippen MR) is 92.1 cm³/mol. The maximum Gasteiger partial charge on any atom is 0.193 e. The van der Waals surface area contributed by atoms with E-state index >= 15 is 0 Å². The van der Waals surface area contributed by atoms with E-state index in [1.807, 2.05) is 12.2 Å². The van der Waals surface area contributed by atoms with Crippen LogP contribution in [0.2, 0.25) is 18.1 Å². The standard InChI is InChI=1S/C18H25FO2Si/c1-7-15(21-22(5,6)18(2,3)4)17-10-8-13-12-14(19)9-11-16(13)20-17/h7-12,15,17H,1H2,2-6H3/t15-,17-/m1/s1. The number of benzene rings is 1. The van der Waals surface area contributed by atoms with Crippen LogP contribution in [-0.2, 0) is 4.43 Å². The summed E-state index contributed by atoms with van der Waals surface area (Å²) in [5.41, 5.74) is 0.756. The Hall–Kier alpha value is -1.39. The fraction of sp³-hybridized carbons (Fsp3) is 0.444. The number of ether oxygens (including phenoxy) is 1. The Kier molecular flexibility index (Phi) is 4.64. The van der Waals surface area contributed by atoms with Gasteiger partial charge in [-0.25, -0.2) is 4.39 Å². The third-order valence-corrected chi connectivity index (χ3v) is 8.97. The molecule has 0 saturated carbocycles. The molecule has 2 atom stereocenters. The first-order valence-electron chi connectivity index (χ1n) is 7.59. The lowest BCUT2D eigenvalue weighted by molar-refractivity contribution is 0.103. The molecule has 0 saturated heterocycles. The Morgan fingerprint density at radius 3 is 2.64 bits per heavy atom. The molecule has 22 heavy (non-hydrogen) atoms.